The minimum absolute atomic E-state index is 0.350. The highest BCUT2D eigenvalue weighted by Crippen LogP contribution is 2.59. The van der Waals surface area contributed by atoms with Crippen LogP contribution >= 0.6 is 11.8 Å². The van der Waals surface area contributed by atoms with Gasteiger partial charge < -0.3 is 5.11 Å². The summed E-state index contributed by atoms with van der Waals surface area (Å²) in [5.41, 5.74) is 0.532. The molecule has 0 amide bonds. The topological polar surface area (TPSA) is 49.7 Å². The molecule has 1 spiro atoms. The fourth-order valence-corrected chi connectivity index (χ4v) is 4.17. The van der Waals surface area contributed by atoms with E-state index in [-0.39, 0.29) is 11.3 Å². The number of dihydropyridines is 1. The Hall–Kier alpha value is -1.29. The molecule has 1 fully saturated rings. The zero-order valence-electron chi connectivity index (χ0n) is 8.59. The van der Waals surface area contributed by atoms with E-state index in [1.807, 2.05) is 24.3 Å². The number of nitrogens with zero attached hydrogens (tertiary/aromatic N) is 1. The third-order valence-corrected chi connectivity index (χ3v) is 4.78. The maximum atomic E-state index is 11.4. The van der Waals surface area contributed by atoms with E-state index in [0.717, 1.165) is 17.0 Å². The first-order valence-electron chi connectivity index (χ1n) is 5.23. The first-order chi connectivity index (χ1) is 7.75. The lowest BCUT2D eigenvalue weighted by molar-refractivity contribution is -0.143. The molecule has 0 aromatic carbocycles. The molecule has 3 rings (SSSR count). The van der Waals surface area contributed by atoms with Crippen LogP contribution in [0, 0.1) is 11.3 Å². The summed E-state index contributed by atoms with van der Waals surface area (Å²) < 4.78 is 0. The maximum absolute atomic E-state index is 11.4. The summed E-state index contributed by atoms with van der Waals surface area (Å²) in [6.07, 6.45) is 10.4. The lowest BCUT2D eigenvalue weighted by atomic mass is 9.68. The molecule has 3 aliphatic rings. The van der Waals surface area contributed by atoms with Gasteiger partial charge >= 0.3 is 5.97 Å². The van der Waals surface area contributed by atoms with Crippen molar-refractivity contribution in [1.82, 2.24) is 0 Å². The average molecular weight is 233 g/mol. The quantitative estimate of drug-likeness (QED) is 0.755. The summed E-state index contributed by atoms with van der Waals surface area (Å²) in [7, 11) is 0. The molecule has 2 aliphatic heterocycles. The SMILES string of the molecule is O=C(O)[C@H]1CSC2=CC=NC3=CC=CCC321. The molecule has 0 saturated carbocycles. The summed E-state index contributed by atoms with van der Waals surface area (Å²) in [6.45, 7) is 0. The van der Waals surface area contributed by atoms with Crippen molar-refractivity contribution in [3.8, 4) is 0 Å². The lowest BCUT2D eigenvalue weighted by Crippen LogP contribution is -2.36. The van der Waals surface area contributed by atoms with Crippen molar-refractivity contribution in [2.45, 2.75) is 6.42 Å². The van der Waals surface area contributed by atoms with E-state index in [0.29, 0.717) is 5.75 Å². The first-order valence-corrected chi connectivity index (χ1v) is 6.21. The third-order valence-electron chi connectivity index (χ3n) is 3.46. The Bertz CT molecular complexity index is 475. The summed E-state index contributed by atoms with van der Waals surface area (Å²) in [6, 6.07) is 0. The van der Waals surface area contributed by atoms with Gasteiger partial charge in [0.1, 0.15) is 0 Å². The van der Waals surface area contributed by atoms with Crippen LogP contribution in [0.5, 0.6) is 0 Å². The van der Waals surface area contributed by atoms with Crippen LogP contribution in [0.2, 0.25) is 0 Å². The summed E-state index contributed by atoms with van der Waals surface area (Å²) in [5.74, 6) is -0.415. The van der Waals surface area contributed by atoms with Gasteiger partial charge in [0, 0.05) is 12.0 Å². The van der Waals surface area contributed by atoms with Crippen LogP contribution in [0.15, 0.2) is 39.9 Å². The van der Waals surface area contributed by atoms with E-state index in [1.54, 1.807) is 18.0 Å². The lowest BCUT2D eigenvalue weighted by Gasteiger charge is -2.36. The van der Waals surface area contributed by atoms with Gasteiger partial charge in [0.25, 0.3) is 0 Å². The normalized spacial score (nSPS) is 35.1. The Morgan fingerprint density at radius 1 is 1.56 bits per heavy atom. The van der Waals surface area contributed by atoms with Gasteiger partial charge in [0.2, 0.25) is 0 Å². The fraction of sp³-hybridized carbons (Fsp3) is 0.333. The molecule has 0 bridgehead atoms. The highest BCUT2D eigenvalue weighted by molar-refractivity contribution is 8.03. The van der Waals surface area contributed by atoms with Crippen molar-refractivity contribution in [2.24, 2.45) is 16.3 Å². The van der Waals surface area contributed by atoms with Crippen LogP contribution in [0.25, 0.3) is 0 Å². The minimum atomic E-state index is -0.714. The van der Waals surface area contributed by atoms with E-state index in [9.17, 15) is 9.90 Å². The number of aliphatic carboxylic acids is 1. The van der Waals surface area contributed by atoms with Gasteiger partial charge in [-0.05, 0) is 23.5 Å². The Morgan fingerprint density at radius 2 is 2.44 bits per heavy atom. The van der Waals surface area contributed by atoms with Crippen LogP contribution in [-0.4, -0.2) is 23.0 Å². The van der Waals surface area contributed by atoms with Crippen LogP contribution in [0.4, 0.5) is 0 Å². The van der Waals surface area contributed by atoms with Crippen molar-refractivity contribution in [1.29, 1.82) is 0 Å². The molecule has 3 nitrogen and oxygen atoms in total. The Morgan fingerprint density at radius 3 is 3.25 bits per heavy atom. The molecule has 2 heterocycles. The maximum Gasteiger partial charge on any atom is 0.308 e. The predicted molar refractivity (Wildman–Crippen MR) is 64.4 cm³/mol. The molecule has 0 radical (unpaired) electrons. The van der Waals surface area contributed by atoms with E-state index in [2.05, 4.69) is 4.99 Å². The first kappa shape index (κ1) is 9.90. The predicted octanol–water partition coefficient (Wildman–Crippen LogP) is 2.23. The smallest absolute Gasteiger partial charge is 0.308 e. The molecule has 1 aliphatic carbocycles. The fourth-order valence-electron chi connectivity index (χ4n) is 2.65. The van der Waals surface area contributed by atoms with Crippen molar-refractivity contribution in [3.05, 3.63) is 34.9 Å². The molecule has 2 atom stereocenters. The molecular weight excluding hydrogens is 222 g/mol. The Kier molecular flexibility index (Phi) is 2.07. The number of carbonyl (C=O) groups is 1. The van der Waals surface area contributed by atoms with Gasteiger partial charge in [-0.1, -0.05) is 12.2 Å². The van der Waals surface area contributed by atoms with Gasteiger partial charge in [-0.15, -0.1) is 11.8 Å². The summed E-state index contributed by atoms with van der Waals surface area (Å²) >= 11 is 1.65. The number of carboxylic acids is 1. The monoisotopic (exact) mass is 233 g/mol. The van der Waals surface area contributed by atoms with Gasteiger partial charge in [0.15, 0.2) is 0 Å². The van der Waals surface area contributed by atoms with Crippen LogP contribution in [-0.2, 0) is 4.79 Å². The van der Waals surface area contributed by atoms with Gasteiger partial charge in [-0.2, -0.15) is 0 Å². The number of thioether (sulfide) groups is 1. The van der Waals surface area contributed by atoms with Crippen molar-refractivity contribution >= 4 is 23.9 Å². The van der Waals surface area contributed by atoms with Crippen LogP contribution in [0.3, 0.4) is 0 Å². The number of rotatable bonds is 1. The van der Waals surface area contributed by atoms with E-state index in [1.165, 1.54) is 0 Å². The van der Waals surface area contributed by atoms with E-state index in [4.69, 9.17) is 0 Å². The highest BCUT2D eigenvalue weighted by Gasteiger charge is 2.54. The molecule has 1 unspecified atom stereocenters. The summed E-state index contributed by atoms with van der Waals surface area (Å²) in [4.78, 5) is 16.9. The van der Waals surface area contributed by atoms with E-state index >= 15 is 0 Å². The second-order valence-electron chi connectivity index (χ2n) is 4.17. The average Bonchev–Trinajstić information content (AvgIpc) is 2.65. The zero-order valence-corrected chi connectivity index (χ0v) is 9.41. The molecule has 1 N–H and O–H groups in total. The zero-order chi connectivity index (χ0) is 11.2. The van der Waals surface area contributed by atoms with Gasteiger partial charge in [0.05, 0.1) is 17.0 Å². The number of hydrogen-bond acceptors (Lipinski definition) is 3. The number of allylic oxidation sites excluding steroid dienone is 5. The van der Waals surface area contributed by atoms with Crippen molar-refractivity contribution in [3.63, 3.8) is 0 Å². The molecule has 4 heteroatoms. The molecule has 0 aromatic rings. The molecule has 82 valence electrons. The van der Waals surface area contributed by atoms with Gasteiger partial charge in [-0.3, -0.25) is 9.79 Å². The second-order valence-corrected chi connectivity index (χ2v) is 5.23. The molecule has 0 aromatic heterocycles. The standard InChI is InChI=1S/C12H11NO2S/c14-11(15)8-7-16-10-4-6-13-9-3-1-2-5-12(8,9)10/h1-4,6,8H,5,7H2,(H,14,15)/t8-,12?/m1/s1. The highest BCUT2D eigenvalue weighted by atomic mass is 32.2. The number of hydrogen-bond donors (Lipinski definition) is 1. The molecule has 1 saturated heterocycles. The Balaban J connectivity index is 2.16. The number of aliphatic imine (C=N–C) groups is 1. The Labute approximate surface area is 97.6 Å². The molecular formula is C12H11NO2S. The van der Waals surface area contributed by atoms with Gasteiger partial charge in [-0.25, -0.2) is 0 Å². The second kappa shape index (κ2) is 3.35. The molecule has 16 heavy (non-hydrogen) atoms. The van der Waals surface area contributed by atoms with Crippen LogP contribution in [0.1, 0.15) is 6.42 Å². The van der Waals surface area contributed by atoms with Crippen molar-refractivity contribution < 1.29 is 9.90 Å². The van der Waals surface area contributed by atoms with E-state index < -0.39 is 5.97 Å². The largest absolute Gasteiger partial charge is 0.481 e. The summed E-state index contributed by atoms with van der Waals surface area (Å²) in [5, 5.41) is 9.34. The minimum Gasteiger partial charge on any atom is -0.481 e. The van der Waals surface area contributed by atoms with Crippen molar-refractivity contribution in [2.75, 3.05) is 5.75 Å². The third kappa shape index (κ3) is 1.11. The van der Waals surface area contributed by atoms with Crippen LogP contribution < -0.4 is 0 Å². The number of carboxylic acid groups (broad SMARTS) is 1.